The van der Waals surface area contributed by atoms with Crippen molar-refractivity contribution < 1.29 is 15.3 Å². The molecular weight excluding hydrogens is 266 g/mol. The molecular formula is C17H19NO3. The number of nitrogen functional groups attached to an aromatic ring is 1. The highest BCUT2D eigenvalue weighted by Gasteiger charge is 2.42. The molecule has 0 aromatic heterocycles. The minimum Gasteiger partial charge on any atom is -0.398 e. The lowest BCUT2D eigenvalue weighted by Crippen LogP contribution is -2.28. The second kappa shape index (κ2) is 4.56. The Morgan fingerprint density at radius 2 is 1.67 bits per heavy atom. The van der Waals surface area contributed by atoms with Crippen LogP contribution in [0.1, 0.15) is 35.1 Å². The summed E-state index contributed by atoms with van der Waals surface area (Å²) >= 11 is 0. The van der Waals surface area contributed by atoms with E-state index in [-0.39, 0.29) is 5.56 Å². The fourth-order valence-corrected chi connectivity index (χ4v) is 2.55. The van der Waals surface area contributed by atoms with Gasteiger partial charge in [-0.2, -0.15) is 0 Å². The molecule has 0 bridgehead atoms. The van der Waals surface area contributed by atoms with E-state index in [1.165, 1.54) is 0 Å². The lowest BCUT2D eigenvalue weighted by molar-refractivity contribution is -0.131. The Bertz CT molecular complexity index is 673. The van der Waals surface area contributed by atoms with Crippen LogP contribution in [0, 0.1) is 6.92 Å². The minimum absolute atomic E-state index is 0.264. The van der Waals surface area contributed by atoms with Crippen LogP contribution in [-0.4, -0.2) is 15.3 Å². The quantitative estimate of drug-likeness (QED) is 0.511. The van der Waals surface area contributed by atoms with E-state index < -0.39 is 11.4 Å². The van der Waals surface area contributed by atoms with Gasteiger partial charge in [-0.15, -0.1) is 0 Å². The van der Waals surface area contributed by atoms with Crippen LogP contribution in [0.3, 0.4) is 0 Å². The Labute approximate surface area is 123 Å². The molecule has 3 rings (SSSR count). The first-order chi connectivity index (χ1) is 9.83. The zero-order valence-corrected chi connectivity index (χ0v) is 11.9. The van der Waals surface area contributed by atoms with Gasteiger partial charge in [-0.05, 0) is 37.5 Å². The first-order valence-electron chi connectivity index (χ1n) is 6.98. The summed E-state index contributed by atoms with van der Waals surface area (Å²) in [6.45, 7) is 1.87. The first kappa shape index (κ1) is 14.1. The maximum Gasteiger partial charge on any atom is 0.219 e. The third-order valence-electron chi connectivity index (χ3n) is 4.13. The molecule has 110 valence electrons. The van der Waals surface area contributed by atoms with Gasteiger partial charge in [0, 0.05) is 16.8 Å². The van der Waals surface area contributed by atoms with Crippen LogP contribution in [0.2, 0.25) is 0 Å². The zero-order chi connectivity index (χ0) is 15.3. The average Bonchev–Trinajstić information content (AvgIpc) is 3.21. The minimum atomic E-state index is -2.15. The van der Waals surface area contributed by atoms with Crippen molar-refractivity contribution in [1.29, 1.82) is 0 Å². The molecule has 0 amide bonds. The molecule has 0 unspecified atom stereocenters. The number of hydrogen-bond donors (Lipinski definition) is 4. The van der Waals surface area contributed by atoms with Gasteiger partial charge in [0.2, 0.25) is 5.79 Å². The number of nitrogens with two attached hydrogens (primary N) is 1. The van der Waals surface area contributed by atoms with Gasteiger partial charge in [0.05, 0.1) is 5.60 Å². The van der Waals surface area contributed by atoms with Crippen LogP contribution >= 0.6 is 0 Å². The molecule has 0 heterocycles. The highest BCUT2D eigenvalue weighted by Crippen LogP contribution is 2.45. The van der Waals surface area contributed by atoms with Crippen molar-refractivity contribution in [2.45, 2.75) is 31.2 Å². The van der Waals surface area contributed by atoms with Crippen LogP contribution < -0.4 is 5.73 Å². The molecule has 0 aliphatic heterocycles. The maximum absolute atomic E-state index is 10.5. The topological polar surface area (TPSA) is 86.7 Å². The number of aryl methyl sites for hydroxylation is 1. The summed E-state index contributed by atoms with van der Waals surface area (Å²) in [6, 6.07) is 11.8. The lowest BCUT2D eigenvalue weighted by Gasteiger charge is -2.25. The van der Waals surface area contributed by atoms with Gasteiger partial charge in [0.25, 0.3) is 0 Å². The zero-order valence-electron chi connectivity index (χ0n) is 11.9. The summed E-state index contributed by atoms with van der Waals surface area (Å²) in [4.78, 5) is 0. The standard InChI is InChI=1S/C17H19NO3/c1-11-2-7-15(18)14(10-11)17(20,21)13-5-3-12(4-6-13)16(19)8-9-16/h2-7,10,19-21H,8-9,18H2,1H3. The number of anilines is 1. The van der Waals surface area contributed by atoms with Crippen LogP contribution in [0.4, 0.5) is 5.69 Å². The van der Waals surface area contributed by atoms with Gasteiger partial charge in [-0.3, -0.25) is 0 Å². The summed E-state index contributed by atoms with van der Waals surface area (Å²) in [5.41, 5.74) is 7.76. The Morgan fingerprint density at radius 1 is 1.05 bits per heavy atom. The van der Waals surface area contributed by atoms with E-state index in [9.17, 15) is 15.3 Å². The normalized spacial score (nSPS) is 16.8. The molecule has 2 aromatic rings. The SMILES string of the molecule is Cc1ccc(N)c(C(O)(O)c2ccc(C3(O)CC3)cc2)c1. The third kappa shape index (κ3) is 2.42. The smallest absolute Gasteiger partial charge is 0.219 e. The fraction of sp³-hybridized carbons (Fsp3) is 0.294. The Morgan fingerprint density at radius 3 is 2.24 bits per heavy atom. The van der Waals surface area contributed by atoms with E-state index in [1.807, 2.05) is 13.0 Å². The second-order valence-electron chi connectivity index (χ2n) is 5.87. The molecule has 1 saturated carbocycles. The third-order valence-corrected chi connectivity index (χ3v) is 4.13. The Kier molecular flexibility index (Phi) is 3.06. The molecule has 1 aliphatic rings. The van der Waals surface area contributed by atoms with Crippen molar-refractivity contribution >= 4 is 5.69 Å². The molecule has 0 spiro atoms. The first-order valence-corrected chi connectivity index (χ1v) is 6.98. The summed E-state index contributed by atoms with van der Waals surface area (Å²) in [5, 5.41) is 31.0. The molecule has 2 aromatic carbocycles. The van der Waals surface area contributed by atoms with E-state index in [1.54, 1.807) is 36.4 Å². The molecule has 0 saturated heterocycles. The van der Waals surface area contributed by atoms with Crippen LogP contribution in [0.5, 0.6) is 0 Å². The second-order valence-corrected chi connectivity index (χ2v) is 5.87. The molecule has 1 fully saturated rings. The number of benzene rings is 2. The van der Waals surface area contributed by atoms with E-state index >= 15 is 0 Å². The summed E-state index contributed by atoms with van der Waals surface area (Å²) in [7, 11) is 0. The number of aliphatic hydroxyl groups is 3. The molecule has 1 aliphatic carbocycles. The fourth-order valence-electron chi connectivity index (χ4n) is 2.55. The number of hydrogen-bond acceptors (Lipinski definition) is 4. The van der Waals surface area contributed by atoms with Crippen molar-refractivity contribution in [3.05, 3.63) is 64.7 Å². The predicted molar refractivity (Wildman–Crippen MR) is 80.4 cm³/mol. The maximum atomic E-state index is 10.5. The summed E-state index contributed by atoms with van der Waals surface area (Å²) in [6.07, 6.45) is 1.50. The molecule has 5 N–H and O–H groups in total. The van der Waals surface area contributed by atoms with E-state index in [2.05, 4.69) is 0 Å². The highest BCUT2D eigenvalue weighted by atomic mass is 16.5. The van der Waals surface area contributed by atoms with Crippen molar-refractivity contribution in [1.82, 2.24) is 0 Å². The van der Waals surface area contributed by atoms with Crippen LogP contribution in [0.15, 0.2) is 42.5 Å². The van der Waals surface area contributed by atoms with E-state index in [0.717, 1.165) is 24.0 Å². The van der Waals surface area contributed by atoms with E-state index in [4.69, 9.17) is 5.73 Å². The Balaban J connectivity index is 1.99. The monoisotopic (exact) mass is 285 g/mol. The van der Waals surface area contributed by atoms with Gasteiger partial charge in [-0.25, -0.2) is 0 Å². The van der Waals surface area contributed by atoms with Crippen molar-refractivity contribution in [3.63, 3.8) is 0 Å². The van der Waals surface area contributed by atoms with Crippen LogP contribution in [0.25, 0.3) is 0 Å². The van der Waals surface area contributed by atoms with E-state index in [0.29, 0.717) is 11.3 Å². The Hall–Kier alpha value is -1.88. The summed E-state index contributed by atoms with van der Waals surface area (Å²) in [5.74, 6) is -2.15. The largest absolute Gasteiger partial charge is 0.398 e. The average molecular weight is 285 g/mol. The molecule has 21 heavy (non-hydrogen) atoms. The molecule has 0 atom stereocenters. The molecule has 0 radical (unpaired) electrons. The van der Waals surface area contributed by atoms with Gasteiger partial charge in [0.15, 0.2) is 0 Å². The molecule has 4 nitrogen and oxygen atoms in total. The van der Waals surface area contributed by atoms with Gasteiger partial charge in [0.1, 0.15) is 0 Å². The van der Waals surface area contributed by atoms with Crippen molar-refractivity contribution in [3.8, 4) is 0 Å². The van der Waals surface area contributed by atoms with Crippen molar-refractivity contribution in [2.75, 3.05) is 5.73 Å². The highest BCUT2D eigenvalue weighted by molar-refractivity contribution is 5.53. The van der Waals surface area contributed by atoms with Crippen molar-refractivity contribution in [2.24, 2.45) is 0 Å². The van der Waals surface area contributed by atoms with Gasteiger partial charge in [-0.1, -0.05) is 35.9 Å². The van der Waals surface area contributed by atoms with Crippen LogP contribution in [-0.2, 0) is 11.4 Å². The van der Waals surface area contributed by atoms with Gasteiger partial charge >= 0.3 is 0 Å². The summed E-state index contributed by atoms with van der Waals surface area (Å²) < 4.78 is 0. The molecule has 4 heteroatoms. The van der Waals surface area contributed by atoms with Gasteiger partial charge < -0.3 is 21.1 Å². The predicted octanol–water partition coefficient (Wildman–Crippen LogP) is 1.74. The lowest BCUT2D eigenvalue weighted by atomic mass is 9.93. The number of rotatable bonds is 3.